The van der Waals surface area contributed by atoms with E-state index in [-0.39, 0.29) is 22.9 Å². The van der Waals surface area contributed by atoms with E-state index in [1.54, 1.807) is 6.92 Å². The lowest BCUT2D eigenvalue weighted by Gasteiger charge is -2.60. The number of rotatable bonds is 2. The molecule has 0 aromatic rings. The van der Waals surface area contributed by atoms with E-state index in [9.17, 15) is 9.59 Å². The van der Waals surface area contributed by atoms with Gasteiger partial charge >= 0.3 is 0 Å². The van der Waals surface area contributed by atoms with Crippen LogP contribution in [0.2, 0.25) is 0 Å². The van der Waals surface area contributed by atoms with Crippen LogP contribution in [0.1, 0.15) is 65.7 Å². The third-order valence-corrected chi connectivity index (χ3v) is 8.66. The zero-order valence-electron chi connectivity index (χ0n) is 16.1. The van der Waals surface area contributed by atoms with Crippen molar-refractivity contribution in [3.8, 4) is 0 Å². The number of methoxy groups -OCH3 is 1. The van der Waals surface area contributed by atoms with E-state index >= 15 is 0 Å². The molecular formula is C22H32O3. The monoisotopic (exact) mass is 344 g/mol. The van der Waals surface area contributed by atoms with E-state index < -0.39 is 0 Å². The van der Waals surface area contributed by atoms with Crippen molar-refractivity contribution >= 4 is 11.6 Å². The summed E-state index contributed by atoms with van der Waals surface area (Å²) in [5.74, 6) is 2.63. The van der Waals surface area contributed by atoms with Crippen LogP contribution in [0.15, 0.2) is 11.6 Å². The van der Waals surface area contributed by atoms with Crippen LogP contribution in [-0.4, -0.2) is 24.8 Å². The fourth-order valence-electron chi connectivity index (χ4n) is 7.54. The molecule has 3 saturated carbocycles. The van der Waals surface area contributed by atoms with Crippen molar-refractivity contribution in [2.75, 3.05) is 7.11 Å². The van der Waals surface area contributed by atoms with Gasteiger partial charge in [-0.3, -0.25) is 9.59 Å². The van der Waals surface area contributed by atoms with Crippen LogP contribution in [0.25, 0.3) is 0 Å². The Morgan fingerprint density at radius 3 is 2.64 bits per heavy atom. The highest BCUT2D eigenvalue weighted by Crippen LogP contribution is 2.67. The van der Waals surface area contributed by atoms with Gasteiger partial charge in [-0.2, -0.15) is 0 Å². The minimum atomic E-state index is 0.0930. The van der Waals surface area contributed by atoms with Crippen LogP contribution in [0.3, 0.4) is 0 Å². The molecule has 0 spiro atoms. The molecule has 3 fully saturated rings. The van der Waals surface area contributed by atoms with Gasteiger partial charge in [-0.1, -0.05) is 19.4 Å². The topological polar surface area (TPSA) is 43.4 Å². The second kappa shape index (κ2) is 5.77. The van der Waals surface area contributed by atoms with Gasteiger partial charge in [-0.15, -0.1) is 0 Å². The minimum absolute atomic E-state index is 0.0930. The zero-order chi connectivity index (χ0) is 18.0. The fraction of sp³-hybridized carbons (Fsp3) is 0.818. The molecule has 4 aliphatic rings. The molecule has 4 rings (SSSR count). The molecule has 0 aromatic carbocycles. The van der Waals surface area contributed by atoms with Gasteiger partial charge in [-0.05, 0) is 80.1 Å². The van der Waals surface area contributed by atoms with E-state index in [2.05, 4.69) is 13.8 Å². The molecule has 4 aliphatic carbocycles. The first-order valence-electron chi connectivity index (χ1n) is 10.1. The molecule has 0 heterocycles. The lowest BCUT2D eigenvalue weighted by Crippen LogP contribution is -2.57. The predicted octanol–water partition coefficient (Wildman–Crippen LogP) is 4.35. The highest BCUT2D eigenvalue weighted by atomic mass is 16.5. The van der Waals surface area contributed by atoms with Crippen LogP contribution >= 0.6 is 0 Å². The number of hydrogen-bond donors (Lipinski definition) is 0. The summed E-state index contributed by atoms with van der Waals surface area (Å²) in [5.41, 5.74) is 1.57. The van der Waals surface area contributed by atoms with Gasteiger partial charge in [-0.25, -0.2) is 0 Å². The van der Waals surface area contributed by atoms with Crippen LogP contribution in [-0.2, 0) is 14.3 Å². The van der Waals surface area contributed by atoms with E-state index in [1.165, 1.54) is 12.0 Å². The Morgan fingerprint density at radius 2 is 1.96 bits per heavy atom. The molecule has 25 heavy (non-hydrogen) atoms. The molecule has 0 bridgehead atoms. The molecule has 3 heteroatoms. The van der Waals surface area contributed by atoms with E-state index in [4.69, 9.17) is 4.74 Å². The molecule has 0 aliphatic heterocycles. The molecular weight excluding hydrogens is 312 g/mol. The molecule has 0 amide bonds. The van der Waals surface area contributed by atoms with Crippen molar-refractivity contribution in [1.82, 2.24) is 0 Å². The second-order valence-electron chi connectivity index (χ2n) is 9.61. The maximum Gasteiger partial charge on any atom is 0.155 e. The molecule has 1 unspecified atom stereocenters. The minimum Gasteiger partial charge on any atom is -0.381 e. The Bertz CT molecular complexity index is 635. The Morgan fingerprint density at radius 1 is 1.20 bits per heavy atom. The zero-order valence-corrected chi connectivity index (χ0v) is 16.1. The SMILES string of the molecule is COC1C[C@]2(C)[C@@H](C(C)=O)CC[C@H]2[C@@H]2CCC3=CC(=O)CC[C@]3(C)[C@@H]12. The summed E-state index contributed by atoms with van der Waals surface area (Å²) < 4.78 is 6.08. The molecule has 0 aromatic heterocycles. The molecule has 7 atom stereocenters. The standard InChI is InChI=1S/C22H32O3/c1-13(23)17-7-8-18-16-6-5-14-11-15(24)9-10-21(14,2)20(16)19(25-4)12-22(17,18)3/h11,16-20H,5-10,12H2,1-4H3/t16-,17+,18-,19?,20+,21-,22+/m0/s1. The maximum absolute atomic E-state index is 12.3. The van der Waals surface area contributed by atoms with Gasteiger partial charge in [0.1, 0.15) is 5.78 Å². The number of ether oxygens (including phenoxy) is 1. The lowest BCUT2D eigenvalue weighted by molar-refractivity contribution is -0.150. The molecule has 0 radical (unpaired) electrons. The van der Waals surface area contributed by atoms with Crippen molar-refractivity contribution in [1.29, 1.82) is 0 Å². The normalized spacial score (nSPS) is 49.0. The quantitative estimate of drug-likeness (QED) is 0.748. The molecule has 0 N–H and O–H groups in total. The van der Waals surface area contributed by atoms with E-state index in [1.807, 2.05) is 13.2 Å². The smallest absolute Gasteiger partial charge is 0.155 e. The summed E-state index contributed by atoms with van der Waals surface area (Å²) >= 11 is 0. The number of allylic oxidation sites excluding steroid dienone is 1. The van der Waals surface area contributed by atoms with E-state index in [0.29, 0.717) is 35.7 Å². The lowest BCUT2D eigenvalue weighted by atomic mass is 9.46. The summed E-state index contributed by atoms with van der Waals surface area (Å²) in [5, 5.41) is 0. The molecule has 138 valence electrons. The second-order valence-corrected chi connectivity index (χ2v) is 9.61. The number of fused-ring (bicyclic) bond motifs is 5. The summed E-state index contributed by atoms with van der Waals surface area (Å²) in [4.78, 5) is 24.3. The highest BCUT2D eigenvalue weighted by molar-refractivity contribution is 5.91. The summed E-state index contributed by atoms with van der Waals surface area (Å²) in [6.07, 6.45) is 9.24. The number of hydrogen-bond acceptors (Lipinski definition) is 3. The average Bonchev–Trinajstić information content (AvgIpc) is 2.91. The Balaban J connectivity index is 1.75. The maximum atomic E-state index is 12.3. The Kier molecular flexibility index (Phi) is 4.03. The van der Waals surface area contributed by atoms with Crippen LogP contribution in [0, 0.1) is 34.5 Å². The van der Waals surface area contributed by atoms with Crippen LogP contribution in [0.4, 0.5) is 0 Å². The van der Waals surface area contributed by atoms with Gasteiger partial charge in [0.2, 0.25) is 0 Å². The van der Waals surface area contributed by atoms with Crippen molar-refractivity contribution < 1.29 is 14.3 Å². The number of Topliss-reactive ketones (excluding diaryl/α,β-unsaturated/α-hetero) is 1. The van der Waals surface area contributed by atoms with E-state index in [0.717, 1.165) is 32.1 Å². The number of carbonyl (C=O) groups is 2. The van der Waals surface area contributed by atoms with Gasteiger partial charge < -0.3 is 4.74 Å². The molecule has 0 saturated heterocycles. The Labute approximate surface area is 151 Å². The number of carbonyl (C=O) groups excluding carboxylic acids is 2. The van der Waals surface area contributed by atoms with Gasteiger partial charge in [0.25, 0.3) is 0 Å². The van der Waals surface area contributed by atoms with Crippen molar-refractivity contribution in [3.05, 3.63) is 11.6 Å². The summed E-state index contributed by atoms with van der Waals surface area (Å²) in [7, 11) is 1.85. The summed E-state index contributed by atoms with van der Waals surface area (Å²) in [6.45, 7) is 6.52. The van der Waals surface area contributed by atoms with Crippen molar-refractivity contribution in [2.24, 2.45) is 34.5 Å². The first kappa shape index (κ1) is 17.5. The summed E-state index contributed by atoms with van der Waals surface area (Å²) in [6, 6.07) is 0. The van der Waals surface area contributed by atoms with Crippen LogP contribution in [0.5, 0.6) is 0 Å². The van der Waals surface area contributed by atoms with Gasteiger partial charge in [0, 0.05) is 19.4 Å². The largest absolute Gasteiger partial charge is 0.381 e. The number of ketones is 2. The van der Waals surface area contributed by atoms with Crippen molar-refractivity contribution in [3.63, 3.8) is 0 Å². The van der Waals surface area contributed by atoms with Gasteiger partial charge in [0.15, 0.2) is 5.78 Å². The first-order valence-corrected chi connectivity index (χ1v) is 10.1. The third kappa shape index (κ3) is 2.34. The Hall–Kier alpha value is -0.960. The third-order valence-electron chi connectivity index (χ3n) is 8.66. The van der Waals surface area contributed by atoms with Crippen molar-refractivity contribution in [2.45, 2.75) is 71.8 Å². The average molecular weight is 344 g/mol. The van der Waals surface area contributed by atoms with Gasteiger partial charge in [0.05, 0.1) is 6.10 Å². The highest BCUT2D eigenvalue weighted by Gasteiger charge is 2.62. The van der Waals surface area contributed by atoms with Crippen LogP contribution < -0.4 is 0 Å². The molecule has 3 nitrogen and oxygen atoms in total. The predicted molar refractivity (Wildman–Crippen MR) is 97.1 cm³/mol. The first-order chi connectivity index (χ1) is 11.8. The fourth-order valence-corrected chi connectivity index (χ4v) is 7.54.